The van der Waals surface area contributed by atoms with E-state index < -0.39 is 0 Å². The van der Waals surface area contributed by atoms with Crippen LogP contribution in [-0.2, 0) is 5.41 Å². The van der Waals surface area contributed by atoms with Crippen LogP contribution in [0.5, 0.6) is 0 Å². The summed E-state index contributed by atoms with van der Waals surface area (Å²) >= 11 is 0. The molecule has 0 aliphatic heterocycles. The van der Waals surface area contributed by atoms with Crippen LogP contribution in [0.15, 0.2) is 24.3 Å². The molecule has 1 heteroatoms. The fourth-order valence-electron chi connectivity index (χ4n) is 1.19. The fraction of sp³-hybridized carbons (Fsp3) is 0.417. The average molecular weight is 175 g/mol. The molecule has 0 aromatic heterocycles. The van der Waals surface area contributed by atoms with Gasteiger partial charge in [-0.2, -0.15) is 0 Å². The first-order chi connectivity index (χ1) is 5.94. The zero-order valence-electron chi connectivity index (χ0n) is 8.81. The third kappa shape index (κ3) is 1.97. The Balaban J connectivity index is 3.08. The van der Waals surface area contributed by atoms with Crippen molar-refractivity contribution in [3.8, 4) is 0 Å². The lowest BCUT2D eigenvalue weighted by molar-refractivity contribution is 0.708. The van der Waals surface area contributed by atoms with Crippen LogP contribution < -0.4 is 0 Å². The Morgan fingerprint density at radius 2 is 1.62 bits per heavy atom. The third-order valence-electron chi connectivity index (χ3n) is 2.71. The largest absolute Gasteiger partial charge is 0.309 e. The van der Waals surface area contributed by atoms with Crippen molar-refractivity contribution in [2.45, 2.75) is 33.1 Å². The SMILES string of the molecule is CC(=N)C(C)(C)c1ccc(C)cc1. The molecule has 0 amide bonds. The molecule has 0 saturated heterocycles. The molecule has 13 heavy (non-hydrogen) atoms. The minimum Gasteiger partial charge on any atom is -0.309 e. The monoisotopic (exact) mass is 175 g/mol. The van der Waals surface area contributed by atoms with E-state index in [1.807, 2.05) is 6.92 Å². The van der Waals surface area contributed by atoms with Crippen molar-refractivity contribution in [3.05, 3.63) is 35.4 Å². The molecule has 0 saturated carbocycles. The first kappa shape index (κ1) is 9.97. The van der Waals surface area contributed by atoms with E-state index in [4.69, 9.17) is 5.41 Å². The summed E-state index contributed by atoms with van der Waals surface area (Å²) in [4.78, 5) is 0. The lowest BCUT2D eigenvalue weighted by Crippen LogP contribution is -2.25. The maximum Gasteiger partial charge on any atom is 0.0270 e. The number of benzene rings is 1. The van der Waals surface area contributed by atoms with E-state index in [1.165, 1.54) is 11.1 Å². The summed E-state index contributed by atoms with van der Waals surface area (Å²) in [7, 11) is 0. The Morgan fingerprint density at radius 3 is 2.00 bits per heavy atom. The highest BCUT2D eigenvalue weighted by Crippen LogP contribution is 2.24. The summed E-state index contributed by atoms with van der Waals surface area (Å²) in [6.07, 6.45) is 0. The Hall–Kier alpha value is -1.11. The van der Waals surface area contributed by atoms with Gasteiger partial charge in [0.05, 0.1) is 0 Å². The second kappa shape index (κ2) is 3.33. The van der Waals surface area contributed by atoms with E-state index in [0.29, 0.717) is 5.71 Å². The highest BCUT2D eigenvalue weighted by atomic mass is 14.5. The second-order valence-corrected chi connectivity index (χ2v) is 4.12. The Bertz CT molecular complexity index is 306. The minimum absolute atomic E-state index is 0.131. The molecule has 1 nitrogen and oxygen atoms in total. The van der Waals surface area contributed by atoms with Crippen LogP contribution in [0.3, 0.4) is 0 Å². The summed E-state index contributed by atoms with van der Waals surface area (Å²) in [5.41, 5.74) is 3.05. The zero-order chi connectivity index (χ0) is 10.1. The van der Waals surface area contributed by atoms with Crippen molar-refractivity contribution in [2.24, 2.45) is 0 Å². The van der Waals surface area contributed by atoms with Crippen molar-refractivity contribution >= 4 is 5.71 Å². The molecular weight excluding hydrogens is 158 g/mol. The Labute approximate surface area is 80.3 Å². The van der Waals surface area contributed by atoms with Gasteiger partial charge in [-0.05, 0) is 19.4 Å². The van der Waals surface area contributed by atoms with Gasteiger partial charge >= 0.3 is 0 Å². The number of hydrogen-bond acceptors (Lipinski definition) is 1. The smallest absolute Gasteiger partial charge is 0.0270 e. The highest BCUT2D eigenvalue weighted by molar-refractivity contribution is 5.89. The first-order valence-corrected chi connectivity index (χ1v) is 4.57. The van der Waals surface area contributed by atoms with Crippen molar-refractivity contribution in [1.82, 2.24) is 0 Å². The van der Waals surface area contributed by atoms with Gasteiger partial charge in [0.25, 0.3) is 0 Å². The molecule has 1 aromatic rings. The van der Waals surface area contributed by atoms with E-state index in [9.17, 15) is 0 Å². The quantitative estimate of drug-likeness (QED) is 0.667. The van der Waals surface area contributed by atoms with E-state index in [0.717, 1.165) is 0 Å². The van der Waals surface area contributed by atoms with Crippen LogP contribution in [0.25, 0.3) is 0 Å². The molecule has 1 N–H and O–H groups in total. The molecule has 0 unspecified atom stereocenters. The van der Waals surface area contributed by atoms with E-state index in [2.05, 4.69) is 45.0 Å². The number of rotatable bonds is 2. The maximum absolute atomic E-state index is 7.69. The van der Waals surface area contributed by atoms with Gasteiger partial charge in [-0.1, -0.05) is 43.7 Å². The number of hydrogen-bond donors (Lipinski definition) is 1. The lowest BCUT2D eigenvalue weighted by atomic mass is 9.80. The van der Waals surface area contributed by atoms with Crippen molar-refractivity contribution in [3.63, 3.8) is 0 Å². The van der Waals surface area contributed by atoms with Gasteiger partial charge in [-0.25, -0.2) is 0 Å². The van der Waals surface area contributed by atoms with E-state index in [-0.39, 0.29) is 5.41 Å². The molecule has 1 rings (SSSR count). The van der Waals surface area contributed by atoms with Crippen LogP contribution in [0.2, 0.25) is 0 Å². The average Bonchev–Trinajstić information content (AvgIpc) is 2.04. The normalized spacial score (nSPS) is 11.4. The van der Waals surface area contributed by atoms with Crippen LogP contribution in [-0.4, -0.2) is 5.71 Å². The summed E-state index contributed by atoms with van der Waals surface area (Å²) in [5, 5.41) is 7.69. The van der Waals surface area contributed by atoms with E-state index >= 15 is 0 Å². The predicted molar refractivity (Wildman–Crippen MR) is 57.6 cm³/mol. The van der Waals surface area contributed by atoms with Gasteiger partial charge < -0.3 is 5.41 Å². The van der Waals surface area contributed by atoms with Gasteiger partial charge in [0, 0.05) is 11.1 Å². The maximum atomic E-state index is 7.69. The minimum atomic E-state index is -0.131. The highest BCUT2D eigenvalue weighted by Gasteiger charge is 2.22. The van der Waals surface area contributed by atoms with Crippen molar-refractivity contribution < 1.29 is 0 Å². The number of aryl methyl sites for hydroxylation is 1. The summed E-state index contributed by atoms with van der Waals surface area (Å²) in [6, 6.07) is 8.40. The molecule has 1 aromatic carbocycles. The molecule has 70 valence electrons. The molecule has 0 heterocycles. The molecule has 0 aliphatic rings. The van der Waals surface area contributed by atoms with Gasteiger partial charge in [-0.3, -0.25) is 0 Å². The Morgan fingerprint density at radius 1 is 1.15 bits per heavy atom. The zero-order valence-corrected chi connectivity index (χ0v) is 8.81. The predicted octanol–water partition coefficient (Wildman–Crippen LogP) is 3.31. The molecule has 0 fully saturated rings. The fourth-order valence-corrected chi connectivity index (χ4v) is 1.19. The third-order valence-corrected chi connectivity index (χ3v) is 2.71. The number of nitrogens with one attached hydrogen (secondary N) is 1. The van der Waals surface area contributed by atoms with Gasteiger partial charge in [0.2, 0.25) is 0 Å². The van der Waals surface area contributed by atoms with Crippen LogP contribution in [0.1, 0.15) is 31.9 Å². The van der Waals surface area contributed by atoms with E-state index in [1.54, 1.807) is 0 Å². The molecule has 0 aliphatic carbocycles. The molecule has 0 spiro atoms. The molecular formula is C12H17N. The first-order valence-electron chi connectivity index (χ1n) is 4.57. The molecule has 0 bridgehead atoms. The van der Waals surface area contributed by atoms with Gasteiger partial charge in [-0.15, -0.1) is 0 Å². The van der Waals surface area contributed by atoms with Crippen molar-refractivity contribution in [1.29, 1.82) is 5.41 Å². The van der Waals surface area contributed by atoms with Crippen molar-refractivity contribution in [2.75, 3.05) is 0 Å². The summed E-state index contributed by atoms with van der Waals surface area (Å²) in [6.45, 7) is 8.11. The Kier molecular flexibility index (Phi) is 2.55. The molecule has 0 atom stereocenters. The standard InChI is InChI=1S/C12H17N/c1-9-5-7-11(8-6-9)12(3,4)10(2)13/h5-8,13H,1-4H3. The van der Waals surface area contributed by atoms with Gasteiger partial charge in [0.15, 0.2) is 0 Å². The van der Waals surface area contributed by atoms with Crippen LogP contribution in [0, 0.1) is 12.3 Å². The topological polar surface area (TPSA) is 23.9 Å². The second-order valence-electron chi connectivity index (χ2n) is 4.12. The van der Waals surface area contributed by atoms with Crippen LogP contribution in [0.4, 0.5) is 0 Å². The molecule has 0 radical (unpaired) electrons. The lowest BCUT2D eigenvalue weighted by Gasteiger charge is -2.24. The van der Waals surface area contributed by atoms with Crippen LogP contribution >= 0.6 is 0 Å². The van der Waals surface area contributed by atoms with Gasteiger partial charge in [0.1, 0.15) is 0 Å². The summed E-state index contributed by atoms with van der Waals surface area (Å²) in [5.74, 6) is 0. The summed E-state index contributed by atoms with van der Waals surface area (Å²) < 4.78 is 0.